The van der Waals surface area contributed by atoms with E-state index in [0.29, 0.717) is 16.1 Å². The van der Waals surface area contributed by atoms with Crippen molar-refractivity contribution in [2.45, 2.75) is 16.1 Å². The first kappa shape index (κ1) is 25.9. The van der Waals surface area contributed by atoms with Gasteiger partial charge in [0.2, 0.25) is 5.91 Å². The molecule has 0 bridgehead atoms. The van der Waals surface area contributed by atoms with Gasteiger partial charge >= 0.3 is 6.18 Å². The van der Waals surface area contributed by atoms with Gasteiger partial charge in [0.25, 0.3) is 10.0 Å². The van der Waals surface area contributed by atoms with Crippen LogP contribution >= 0.6 is 23.4 Å². The second-order valence-corrected chi connectivity index (χ2v) is 10.2. The Hall–Kier alpha value is -2.76. The monoisotopic (exact) mass is 529 g/mol. The molecule has 0 unspecified atom stereocenters. The second-order valence-electron chi connectivity index (χ2n) is 6.86. The van der Waals surface area contributed by atoms with Gasteiger partial charge in [-0.2, -0.15) is 13.2 Å². The summed E-state index contributed by atoms with van der Waals surface area (Å²) in [5, 5.41) is 3.09. The summed E-state index contributed by atoms with van der Waals surface area (Å²) in [4.78, 5) is 16.6. The molecule has 0 aliphatic carbocycles. The summed E-state index contributed by atoms with van der Waals surface area (Å²) in [6, 6.07) is 14.8. The number of anilines is 1. The zero-order valence-corrected chi connectivity index (χ0v) is 19.9. The third-order valence-corrected chi connectivity index (χ3v) is 7.51. The van der Waals surface area contributed by atoms with Crippen molar-refractivity contribution in [2.24, 2.45) is 0 Å². The third-order valence-electron chi connectivity index (χ3n) is 4.47. The first-order chi connectivity index (χ1) is 16.1. The van der Waals surface area contributed by atoms with Crippen molar-refractivity contribution in [1.82, 2.24) is 10.3 Å². The van der Waals surface area contributed by atoms with Crippen LogP contribution in [0.2, 0.25) is 5.02 Å². The van der Waals surface area contributed by atoms with E-state index in [0.717, 1.165) is 17.2 Å². The minimum absolute atomic E-state index is 0.190. The smallest absolute Gasteiger partial charge is 0.354 e. The Morgan fingerprint density at radius 1 is 1.06 bits per heavy atom. The van der Waals surface area contributed by atoms with Crippen LogP contribution in [0.1, 0.15) is 5.56 Å². The van der Waals surface area contributed by atoms with Crippen LogP contribution in [0.25, 0.3) is 0 Å². The molecular formula is C22H19ClF3N3O3S2. The van der Waals surface area contributed by atoms with Crippen LogP contribution in [-0.2, 0) is 21.0 Å². The summed E-state index contributed by atoms with van der Waals surface area (Å²) >= 11 is 7.48. The molecule has 0 radical (unpaired) electrons. The third kappa shape index (κ3) is 6.64. The van der Waals surface area contributed by atoms with Crippen LogP contribution in [-0.4, -0.2) is 38.2 Å². The number of sulfonamides is 1. The van der Waals surface area contributed by atoms with Gasteiger partial charge in [0.1, 0.15) is 6.54 Å². The fourth-order valence-electron chi connectivity index (χ4n) is 2.86. The number of halogens is 4. The van der Waals surface area contributed by atoms with Crippen molar-refractivity contribution in [3.05, 3.63) is 83.5 Å². The highest BCUT2D eigenvalue weighted by atomic mass is 35.5. The molecule has 180 valence electrons. The maximum Gasteiger partial charge on any atom is 0.416 e. The molecule has 1 N–H and O–H groups in total. The van der Waals surface area contributed by atoms with Crippen LogP contribution in [0.15, 0.2) is 82.8 Å². The Kier molecular flexibility index (Phi) is 8.45. The lowest BCUT2D eigenvalue weighted by Gasteiger charge is -2.25. The molecule has 3 aromatic rings. The average molecular weight is 530 g/mol. The first-order valence-electron chi connectivity index (χ1n) is 9.84. The highest BCUT2D eigenvalue weighted by Crippen LogP contribution is 2.37. The van der Waals surface area contributed by atoms with Gasteiger partial charge in [-0.25, -0.2) is 13.4 Å². The van der Waals surface area contributed by atoms with E-state index < -0.39 is 39.9 Å². The van der Waals surface area contributed by atoms with Crippen LogP contribution < -0.4 is 9.62 Å². The van der Waals surface area contributed by atoms with E-state index in [9.17, 15) is 26.4 Å². The molecule has 1 aromatic heterocycles. The van der Waals surface area contributed by atoms with E-state index in [1.807, 2.05) is 6.07 Å². The quantitative estimate of drug-likeness (QED) is 0.316. The number of aromatic nitrogens is 1. The Balaban J connectivity index is 1.84. The fraction of sp³-hybridized carbons (Fsp3) is 0.182. The first-order valence-corrected chi connectivity index (χ1v) is 12.6. The zero-order chi connectivity index (χ0) is 24.8. The van der Waals surface area contributed by atoms with Crippen molar-refractivity contribution in [1.29, 1.82) is 0 Å². The molecule has 0 aliphatic heterocycles. The van der Waals surface area contributed by atoms with Crippen molar-refractivity contribution < 1.29 is 26.4 Å². The van der Waals surface area contributed by atoms with E-state index >= 15 is 0 Å². The van der Waals surface area contributed by atoms with Crippen molar-refractivity contribution >= 4 is 45.0 Å². The van der Waals surface area contributed by atoms with E-state index in [1.54, 1.807) is 24.4 Å². The summed E-state index contributed by atoms with van der Waals surface area (Å²) in [6.45, 7) is -0.567. The molecule has 3 rings (SSSR count). The number of benzene rings is 2. The topological polar surface area (TPSA) is 79.4 Å². The maximum atomic E-state index is 13.3. The number of rotatable bonds is 9. The maximum absolute atomic E-state index is 13.3. The molecule has 0 atom stereocenters. The minimum atomic E-state index is -4.73. The number of hydrogen-bond acceptors (Lipinski definition) is 5. The number of carbonyl (C=O) groups excluding carboxylic acids is 1. The van der Waals surface area contributed by atoms with E-state index in [-0.39, 0.29) is 16.5 Å². The van der Waals surface area contributed by atoms with Crippen LogP contribution in [0.3, 0.4) is 0 Å². The molecule has 12 heteroatoms. The number of nitrogens with one attached hydrogen (secondary N) is 1. The van der Waals surface area contributed by atoms with Crippen LogP contribution in [0.4, 0.5) is 18.9 Å². The Bertz CT molecular complexity index is 1230. The van der Waals surface area contributed by atoms with Crippen molar-refractivity contribution in [3.63, 3.8) is 0 Å². The molecule has 0 aliphatic rings. The van der Waals surface area contributed by atoms with E-state index in [2.05, 4.69) is 10.3 Å². The number of thioether (sulfide) groups is 1. The summed E-state index contributed by atoms with van der Waals surface area (Å²) in [6.07, 6.45) is -3.10. The van der Waals surface area contributed by atoms with Gasteiger partial charge in [0.15, 0.2) is 0 Å². The number of nitrogens with zero attached hydrogens (tertiary/aromatic N) is 2. The standard InChI is InChI=1S/C22H19ClF3N3O3S2/c23-18-10-9-16(22(24,25)26)14-19(18)29(34(31,32)17-6-2-1-3-7-17)15-20(30)27-12-13-33-21-8-4-5-11-28-21/h1-11,14H,12-13,15H2,(H,27,30). The number of alkyl halides is 3. The highest BCUT2D eigenvalue weighted by Gasteiger charge is 2.34. The number of hydrogen-bond donors (Lipinski definition) is 1. The molecule has 2 aromatic carbocycles. The zero-order valence-electron chi connectivity index (χ0n) is 17.5. The molecule has 0 fully saturated rings. The van der Waals surface area contributed by atoms with Gasteiger partial charge in [0, 0.05) is 18.5 Å². The van der Waals surface area contributed by atoms with Crippen LogP contribution in [0, 0.1) is 0 Å². The SMILES string of the molecule is O=C(CN(c1cc(C(F)(F)F)ccc1Cl)S(=O)(=O)c1ccccc1)NCCSc1ccccn1. The van der Waals surface area contributed by atoms with Gasteiger partial charge in [-0.15, -0.1) is 11.8 Å². The van der Waals surface area contributed by atoms with Gasteiger partial charge in [0.05, 0.1) is 26.2 Å². The molecule has 0 spiro atoms. The fourth-order valence-corrected chi connectivity index (χ4v) is 5.31. The van der Waals surface area contributed by atoms with Crippen molar-refractivity contribution in [3.8, 4) is 0 Å². The lowest BCUT2D eigenvalue weighted by atomic mass is 10.2. The predicted octanol–water partition coefficient (Wildman–Crippen LogP) is 4.86. The molecule has 34 heavy (non-hydrogen) atoms. The summed E-state index contributed by atoms with van der Waals surface area (Å²) in [5.74, 6) is -0.243. The summed E-state index contributed by atoms with van der Waals surface area (Å²) < 4.78 is 67.0. The van der Waals surface area contributed by atoms with Gasteiger partial charge in [-0.3, -0.25) is 9.10 Å². The largest absolute Gasteiger partial charge is 0.416 e. The van der Waals surface area contributed by atoms with Gasteiger partial charge in [-0.1, -0.05) is 35.9 Å². The summed E-state index contributed by atoms with van der Waals surface area (Å²) in [7, 11) is -4.40. The summed E-state index contributed by atoms with van der Waals surface area (Å²) in [5.41, 5.74) is -1.54. The molecule has 1 heterocycles. The molecule has 0 saturated heterocycles. The van der Waals surface area contributed by atoms with Gasteiger partial charge < -0.3 is 5.32 Å². The molecule has 0 saturated carbocycles. The molecule has 6 nitrogen and oxygen atoms in total. The number of pyridine rings is 1. The normalized spacial score (nSPS) is 11.8. The lowest BCUT2D eigenvalue weighted by Crippen LogP contribution is -2.41. The molecule has 1 amide bonds. The molecular weight excluding hydrogens is 511 g/mol. The average Bonchev–Trinajstić information content (AvgIpc) is 2.81. The van der Waals surface area contributed by atoms with E-state index in [4.69, 9.17) is 11.6 Å². The minimum Gasteiger partial charge on any atom is -0.354 e. The van der Waals surface area contributed by atoms with E-state index in [1.165, 1.54) is 36.0 Å². The highest BCUT2D eigenvalue weighted by molar-refractivity contribution is 7.99. The number of amides is 1. The predicted molar refractivity (Wildman–Crippen MR) is 125 cm³/mol. The Labute approximate surface area is 204 Å². The number of carbonyl (C=O) groups is 1. The van der Waals surface area contributed by atoms with Crippen LogP contribution in [0.5, 0.6) is 0 Å². The lowest BCUT2D eigenvalue weighted by molar-refractivity contribution is -0.137. The van der Waals surface area contributed by atoms with Gasteiger partial charge in [-0.05, 0) is 42.5 Å². The Morgan fingerprint density at radius 2 is 1.76 bits per heavy atom. The second kappa shape index (κ2) is 11.1. The Morgan fingerprint density at radius 3 is 2.41 bits per heavy atom. The van der Waals surface area contributed by atoms with Crippen molar-refractivity contribution in [2.75, 3.05) is 23.1 Å².